The summed E-state index contributed by atoms with van der Waals surface area (Å²) in [6.45, 7) is 5.10. The molecule has 9 nitrogen and oxygen atoms in total. The van der Waals surface area contributed by atoms with Gasteiger partial charge in [0.1, 0.15) is 29.7 Å². The maximum absolute atomic E-state index is 13.3. The van der Waals surface area contributed by atoms with Gasteiger partial charge in [0.2, 0.25) is 5.13 Å². The molecule has 0 saturated carbocycles. The average Bonchev–Trinajstić information content (AvgIpc) is 3.42. The second-order valence-corrected chi connectivity index (χ2v) is 9.21. The van der Waals surface area contributed by atoms with Crippen LogP contribution in [0.4, 0.5) is 5.13 Å². The van der Waals surface area contributed by atoms with E-state index in [0.717, 1.165) is 6.42 Å². The SMILES string of the molecule is CCCOc1cccc(C2/C(=C(/O)c3ccc4c(c3)OCCO4)C(=O)C(=O)N2c2nnc(C)s2)c1. The molecule has 1 fully saturated rings. The summed E-state index contributed by atoms with van der Waals surface area (Å²) in [5.41, 5.74) is 0.890. The van der Waals surface area contributed by atoms with Crippen LogP contribution >= 0.6 is 11.3 Å². The van der Waals surface area contributed by atoms with Crippen molar-refractivity contribution in [2.24, 2.45) is 0 Å². The summed E-state index contributed by atoms with van der Waals surface area (Å²) in [6.07, 6.45) is 0.830. The van der Waals surface area contributed by atoms with Gasteiger partial charge in [-0.25, -0.2) is 0 Å². The van der Waals surface area contributed by atoms with Crippen molar-refractivity contribution in [2.75, 3.05) is 24.7 Å². The number of hydrogen-bond acceptors (Lipinski definition) is 9. The maximum Gasteiger partial charge on any atom is 0.301 e. The molecule has 2 aliphatic heterocycles. The van der Waals surface area contributed by atoms with Gasteiger partial charge in [0.25, 0.3) is 5.78 Å². The number of aromatic nitrogens is 2. The van der Waals surface area contributed by atoms with Crippen molar-refractivity contribution in [3.05, 3.63) is 64.2 Å². The number of aliphatic hydroxyl groups excluding tert-OH is 1. The molecule has 3 heterocycles. The summed E-state index contributed by atoms with van der Waals surface area (Å²) in [4.78, 5) is 27.8. The van der Waals surface area contributed by atoms with Crippen LogP contribution in [-0.4, -0.2) is 46.8 Å². The van der Waals surface area contributed by atoms with E-state index in [1.807, 2.05) is 6.92 Å². The minimum Gasteiger partial charge on any atom is -0.507 e. The van der Waals surface area contributed by atoms with Crippen molar-refractivity contribution in [3.8, 4) is 17.2 Å². The third kappa shape index (κ3) is 4.21. The number of aliphatic hydroxyl groups is 1. The quantitative estimate of drug-likeness (QED) is 0.311. The molecule has 5 rings (SSSR count). The lowest BCUT2D eigenvalue weighted by Crippen LogP contribution is -2.29. The van der Waals surface area contributed by atoms with Gasteiger partial charge < -0.3 is 19.3 Å². The zero-order valence-electron chi connectivity index (χ0n) is 19.2. The van der Waals surface area contributed by atoms with Crippen molar-refractivity contribution in [3.63, 3.8) is 0 Å². The Hall–Kier alpha value is -3.92. The molecule has 2 aliphatic rings. The fourth-order valence-corrected chi connectivity index (χ4v) is 4.78. The van der Waals surface area contributed by atoms with E-state index in [1.54, 1.807) is 49.4 Å². The first kappa shape index (κ1) is 22.9. The number of carbonyl (C=O) groups is 2. The molecular formula is C25H23N3O6S. The monoisotopic (exact) mass is 493 g/mol. The summed E-state index contributed by atoms with van der Waals surface area (Å²) >= 11 is 1.19. The molecule has 35 heavy (non-hydrogen) atoms. The average molecular weight is 494 g/mol. The van der Waals surface area contributed by atoms with E-state index in [1.165, 1.54) is 16.2 Å². The van der Waals surface area contributed by atoms with Crippen molar-refractivity contribution in [1.29, 1.82) is 0 Å². The fourth-order valence-electron chi connectivity index (χ4n) is 4.07. The Labute approximate surface area is 205 Å². The van der Waals surface area contributed by atoms with Crippen LogP contribution in [0.25, 0.3) is 5.76 Å². The molecule has 1 amide bonds. The van der Waals surface area contributed by atoms with Crippen LogP contribution in [0.3, 0.4) is 0 Å². The van der Waals surface area contributed by atoms with E-state index in [0.29, 0.717) is 53.2 Å². The predicted molar refractivity (Wildman–Crippen MR) is 129 cm³/mol. The second kappa shape index (κ2) is 9.38. The molecule has 3 aromatic rings. The van der Waals surface area contributed by atoms with Crippen LogP contribution < -0.4 is 19.1 Å². The van der Waals surface area contributed by atoms with Crippen LogP contribution in [0.5, 0.6) is 17.2 Å². The van der Waals surface area contributed by atoms with Gasteiger partial charge in [-0.1, -0.05) is 30.4 Å². The molecule has 1 aromatic heterocycles. The molecular weight excluding hydrogens is 470 g/mol. The number of anilines is 1. The van der Waals surface area contributed by atoms with Crippen molar-refractivity contribution in [1.82, 2.24) is 10.2 Å². The van der Waals surface area contributed by atoms with E-state index in [2.05, 4.69) is 10.2 Å². The minimum atomic E-state index is -0.916. The number of nitrogens with zero attached hydrogens (tertiary/aromatic N) is 3. The lowest BCUT2D eigenvalue weighted by molar-refractivity contribution is -0.132. The van der Waals surface area contributed by atoms with Gasteiger partial charge in [-0.3, -0.25) is 14.5 Å². The molecule has 1 N–H and O–H groups in total. The Balaban J connectivity index is 1.66. The van der Waals surface area contributed by atoms with Gasteiger partial charge in [-0.05, 0) is 49.2 Å². The molecule has 0 radical (unpaired) electrons. The first-order valence-electron chi connectivity index (χ1n) is 11.2. The van der Waals surface area contributed by atoms with Crippen LogP contribution in [-0.2, 0) is 9.59 Å². The first-order chi connectivity index (χ1) is 17.0. The zero-order valence-corrected chi connectivity index (χ0v) is 20.0. The number of ether oxygens (including phenoxy) is 3. The number of hydrogen-bond donors (Lipinski definition) is 1. The number of benzene rings is 2. The molecule has 1 saturated heterocycles. The highest BCUT2D eigenvalue weighted by Crippen LogP contribution is 2.44. The maximum atomic E-state index is 13.3. The standard InChI is InChI=1S/C25H23N3O6S/c1-3-9-32-17-6-4-5-15(12-17)21-20(23(30)24(31)28(21)25-27-26-14(2)35-25)22(29)16-7-8-18-19(13-16)34-11-10-33-18/h4-8,12-13,21,29H,3,9-11H2,1-2H3/b22-20-. The van der Waals surface area contributed by atoms with Crippen molar-refractivity contribution < 1.29 is 28.9 Å². The van der Waals surface area contributed by atoms with E-state index in [-0.39, 0.29) is 16.5 Å². The van der Waals surface area contributed by atoms with Crippen molar-refractivity contribution in [2.45, 2.75) is 26.3 Å². The number of rotatable bonds is 6. The summed E-state index contributed by atoms with van der Waals surface area (Å²) in [5, 5.41) is 20.4. The van der Waals surface area contributed by atoms with Gasteiger partial charge in [0.05, 0.1) is 18.2 Å². The molecule has 1 unspecified atom stereocenters. The number of Topliss-reactive ketones (excluding diaryl/α,β-unsaturated/α-hetero) is 1. The number of carbonyl (C=O) groups excluding carboxylic acids is 2. The molecule has 180 valence electrons. The molecule has 1 atom stereocenters. The van der Waals surface area contributed by atoms with E-state index >= 15 is 0 Å². The first-order valence-corrected chi connectivity index (χ1v) is 12.0. The fraction of sp³-hybridized carbons (Fsp3) is 0.280. The van der Waals surface area contributed by atoms with E-state index in [4.69, 9.17) is 14.2 Å². The largest absolute Gasteiger partial charge is 0.507 e. The minimum absolute atomic E-state index is 0.0489. The summed E-state index contributed by atoms with van der Waals surface area (Å²) in [7, 11) is 0. The number of fused-ring (bicyclic) bond motifs is 1. The van der Waals surface area contributed by atoms with Crippen LogP contribution in [0, 0.1) is 6.92 Å². The van der Waals surface area contributed by atoms with Crippen LogP contribution in [0.1, 0.15) is 35.5 Å². The highest BCUT2D eigenvalue weighted by atomic mass is 32.1. The van der Waals surface area contributed by atoms with Gasteiger partial charge in [-0.2, -0.15) is 0 Å². The summed E-state index contributed by atoms with van der Waals surface area (Å²) in [6, 6.07) is 11.1. The van der Waals surface area contributed by atoms with E-state index in [9.17, 15) is 14.7 Å². The normalized spacial score (nSPS) is 18.7. The Bertz CT molecular complexity index is 1330. The summed E-state index contributed by atoms with van der Waals surface area (Å²) in [5.74, 6) is -0.299. The van der Waals surface area contributed by atoms with Crippen LogP contribution in [0.15, 0.2) is 48.0 Å². The van der Waals surface area contributed by atoms with Crippen molar-refractivity contribution >= 4 is 33.9 Å². The lowest BCUT2D eigenvalue weighted by Gasteiger charge is -2.23. The molecule has 0 aliphatic carbocycles. The molecule has 2 aromatic carbocycles. The van der Waals surface area contributed by atoms with Gasteiger partial charge >= 0.3 is 5.91 Å². The predicted octanol–water partition coefficient (Wildman–Crippen LogP) is 4.03. The zero-order chi connectivity index (χ0) is 24.5. The Kier molecular flexibility index (Phi) is 6.12. The summed E-state index contributed by atoms with van der Waals surface area (Å²) < 4.78 is 17.0. The molecule has 10 heteroatoms. The second-order valence-electron chi connectivity index (χ2n) is 8.05. The topological polar surface area (TPSA) is 111 Å². The smallest absolute Gasteiger partial charge is 0.301 e. The number of ketones is 1. The number of amides is 1. The van der Waals surface area contributed by atoms with Gasteiger partial charge in [-0.15, -0.1) is 10.2 Å². The van der Waals surface area contributed by atoms with E-state index < -0.39 is 17.7 Å². The number of aryl methyl sites for hydroxylation is 1. The lowest BCUT2D eigenvalue weighted by atomic mass is 9.95. The third-order valence-electron chi connectivity index (χ3n) is 5.63. The van der Waals surface area contributed by atoms with Gasteiger partial charge in [0.15, 0.2) is 11.5 Å². The molecule has 0 bridgehead atoms. The Morgan fingerprint density at radius 1 is 1.14 bits per heavy atom. The van der Waals surface area contributed by atoms with Gasteiger partial charge in [0, 0.05) is 5.56 Å². The Morgan fingerprint density at radius 3 is 2.69 bits per heavy atom. The van der Waals surface area contributed by atoms with Crippen LogP contribution in [0.2, 0.25) is 0 Å². The highest BCUT2D eigenvalue weighted by Gasteiger charge is 2.48. The highest BCUT2D eigenvalue weighted by molar-refractivity contribution is 7.15. The molecule has 0 spiro atoms. The Morgan fingerprint density at radius 2 is 1.94 bits per heavy atom. The third-order valence-corrected chi connectivity index (χ3v) is 6.47.